The van der Waals surface area contributed by atoms with Crippen molar-refractivity contribution in [1.29, 1.82) is 0 Å². The normalized spacial score (nSPS) is 34.8. The lowest BCUT2D eigenvalue weighted by Gasteiger charge is -2.64. The monoisotopic (exact) mass is 460 g/mol. The lowest BCUT2D eigenvalue weighted by molar-refractivity contribution is -0.180. The van der Waals surface area contributed by atoms with E-state index in [4.69, 9.17) is 11.5 Å². The molecule has 174 valence electrons. The minimum absolute atomic E-state index is 0.0670. The Hall–Kier alpha value is -2.13. The van der Waals surface area contributed by atoms with E-state index >= 15 is 0 Å². The highest BCUT2D eigenvalue weighted by Gasteiger charge is 2.62. The van der Waals surface area contributed by atoms with Gasteiger partial charge in [0.15, 0.2) is 0 Å². The molecular weight excluding hydrogens is 428 g/mol. The van der Waals surface area contributed by atoms with Gasteiger partial charge in [-0.25, -0.2) is 8.42 Å². The molecule has 6 rings (SSSR count). The van der Waals surface area contributed by atoms with Crippen molar-refractivity contribution in [2.45, 2.75) is 68.0 Å². The molecule has 2 atom stereocenters. The Kier molecular flexibility index (Phi) is 4.87. The number of anilines is 1. The molecule has 0 aromatic heterocycles. The Morgan fingerprint density at radius 1 is 1.12 bits per heavy atom. The van der Waals surface area contributed by atoms with Crippen LogP contribution in [0.1, 0.15) is 51.4 Å². The molecule has 1 aromatic carbocycles. The van der Waals surface area contributed by atoms with Crippen LogP contribution in [0, 0.1) is 23.2 Å². The van der Waals surface area contributed by atoms with Crippen LogP contribution in [-0.4, -0.2) is 48.7 Å². The molecule has 4 bridgehead atoms. The molecule has 1 aromatic rings. The first-order valence-electron chi connectivity index (χ1n) is 11.5. The van der Waals surface area contributed by atoms with Gasteiger partial charge in [-0.3, -0.25) is 9.59 Å². The van der Waals surface area contributed by atoms with E-state index in [1.807, 2.05) is 0 Å². The minimum atomic E-state index is -3.90. The highest BCUT2D eigenvalue weighted by molar-refractivity contribution is 7.89. The SMILES string of the molecule is CN(C1(N(C=O)C2C3CC4CC2CC(C(N)=O)(C4)C3)CCC1)S(=O)(=O)c1ccccc1N. The molecule has 2 unspecified atom stereocenters. The predicted molar refractivity (Wildman–Crippen MR) is 119 cm³/mol. The molecule has 5 aliphatic rings. The average Bonchev–Trinajstić information content (AvgIpc) is 2.70. The molecule has 0 spiro atoms. The first kappa shape index (κ1) is 21.7. The summed E-state index contributed by atoms with van der Waals surface area (Å²) in [6.07, 6.45) is 7.08. The van der Waals surface area contributed by atoms with Crippen LogP contribution in [0.4, 0.5) is 5.69 Å². The van der Waals surface area contributed by atoms with Crippen molar-refractivity contribution in [1.82, 2.24) is 9.21 Å². The van der Waals surface area contributed by atoms with Crippen LogP contribution >= 0.6 is 0 Å². The van der Waals surface area contributed by atoms with Crippen LogP contribution in [0.3, 0.4) is 0 Å². The number of amides is 2. The molecule has 8 nitrogen and oxygen atoms in total. The molecule has 9 heteroatoms. The maximum absolute atomic E-state index is 13.6. The van der Waals surface area contributed by atoms with Crippen LogP contribution in [0.15, 0.2) is 29.2 Å². The fourth-order valence-corrected chi connectivity index (χ4v) is 9.15. The Bertz CT molecular complexity index is 1040. The molecule has 0 heterocycles. The van der Waals surface area contributed by atoms with Crippen LogP contribution in [0.5, 0.6) is 0 Å². The molecule has 0 aliphatic heterocycles. The Morgan fingerprint density at radius 3 is 2.25 bits per heavy atom. The topological polar surface area (TPSA) is 127 Å². The van der Waals surface area contributed by atoms with Gasteiger partial charge in [0.05, 0.1) is 5.69 Å². The van der Waals surface area contributed by atoms with Crippen LogP contribution in [0.25, 0.3) is 0 Å². The summed E-state index contributed by atoms with van der Waals surface area (Å²) in [5, 5.41) is 0. The number of para-hydroxylation sites is 1. The van der Waals surface area contributed by atoms with Crippen molar-refractivity contribution >= 4 is 28.0 Å². The molecule has 2 amide bonds. The van der Waals surface area contributed by atoms with Crippen molar-refractivity contribution in [2.75, 3.05) is 12.8 Å². The van der Waals surface area contributed by atoms with Crippen molar-refractivity contribution in [3.05, 3.63) is 24.3 Å². The summed E-state index contributed by atoms with van der Waals surface area (Å²) >= 11 is 0. The summed E-state index contributed by atoms with van der Waals surface area (Å²) in [7, 11) is -2.33. The predicted octanol–water partition coefficient (Wildman–Crippen LogP) is 1.91. The van der Waals surface area contributed by atoms with E-state index in [2.05, 4.69) is 0 Å². The van der Waals surface area contributed by atoms with Crippen LogP contribution in [0.2, 0.25) is 0 Å². The summed E-state index contributed by atoms with van der Waals surface area (Å²) in [4.78, 5) is 26.8. The fraction of sp³-hybridized carbons (Fsp3) is 0.652. The number of nitrogen functional groups attached to an aromatic ring is 1. The Balaban J connectivity index is 1.50. The molecular formula is C23H32N4O4S. The maximum atomic E-state index is 13.6. The summed E-state index contributed by atoms with van der Waals surface area (Å²) in [5.74, 6) is 0.599. The van der Waals surface area contributed by atoms with Crippen molar-refractivity contribution in [2.24, 2.45) is 28.9 Å². The molecule has 5 saturated carbocycles. The zero-order chi connectivity index (χ0) is 22.9. The number of carbonyl (C=O) groups excluding carboxylic acids is 2. The van der Waals surface area contributed by atoms with Gasteiger partial charge in [0, 0.05) is 18.5 Å². The number of benzene rings is 1. The zero-order valence-corrected chi connectivity index (χ0v) is 19.3. The lowest BCUT2D eigenvalue weighted by atomic mass is 9.47. The molecule has 0 saturated heterocycles. The van der Waals surface area contributed by atoms with Gasteiger partial charge in [0.1, 0.15) is 10.6 Å². The number of nitrogens with two attached hydrogens (primary N) is 2. The van der Waals surface area contributed by atoms with E-state index < -0.39 is 21.1 Å². The van der Waals surface area contributed by atoms with Crippen molar-refractivity contribution < 1.29 is 18.0 Å². The Labute approximate surface area is 189 Å². The van der Waals surface area contributed by atoms with Gasteiger partial charge in [-0.15, -0.1) is 0 Å². The van der Waals surface area contributed by atoms with E-state index in [0.29, 0.717) is 31.6 Å². The number of primary amides is 1. The largest absolute Gasteiger partial charge is 0.398 e. The van der Waals surface area contributed by atoms with Gasteiger partial charge in [0.25, 0.3) is 0 Å². The first-order chi connectivity index (χ1) is 15.1. The van der Waals surface area contributed by atoms with E-state index in [1.54, 1.807) is 30.1 Å². The minimum Gasteiger partial charge on any atom is -0.398 e. The number of sulfonamides is 1. The lowest BCUT2D eigenvalue weighted by Crippen LogP contribution is -2.71. The summed E-state index contributed by atoms with van der Waals surface area (Å²) < 4.78 is 28.5. The van der Waals surface area contributed by atoms with Gasteiger partial charge < -0.3 is 16.4 Å². The average molecular weight is 461 g/mol. The third kappa shape index (κ3) is 2.86. The molecule has 5 fully saturated rings. The number of carbonyl (C=O) groups is 2. The van der Waals surface area contributed by atoms with Crippen LogP contribution in [-0.2, 0) is 19.6 Å². The first-order valence-corrected chi connectivity index (χ1v) is 13.0. The number of hydrogen-bond acceptors (Lipinski definition) is 5. The third-order valence-electron chi connectivity index (χ3n) is 8.96. The zero-order valence-electron chi connectivity index (χ0n) is 18.4. The standard InChI is InChI=1S/C23H32N4O4S/c1-26(32(30,31)19-6-3-2-5-18(19)24)23(7-4-8-23)27(14-28)20-16-9-15-10-17(20)13-22(11-15,12-16)21(25)29/h2-3,5-6,14-17,20H,4,7-13,24H2,1H3,(H2,25,29). The second-order valence-corrected chi connectivity index (χ2v) is 12.4. The van der Waals surface area contributed by atoms with Gasteiger partial charge in [-0.1, -0.05) is 12.1 Å². The second-order valence-electron chi connectivity index (χ2n) is 10.5. The summed E-state index contributed by atoms with van der Waals surface area (Å²) in [5.41, 5.74) is 10.7. The molecule has 4 N–H and O–H groups in total. The van der Waals surface area contributed by atoms with Crippen molar-refractivity contribution in [3.8, 4) is 0 Å². The second kappa shape index (κ2) is 7.18. The van der Waals surface area contributed by atoms with Crippen LogP contribution < -0.4 is 11.5 Å². The van der Waals surface area contributed by atoms with E-state index in [1.165, 1.54) is 10.4 Å². The third-order valence-corrected chi connectivity index (χ3v) is 10.9. The number of nitrogens with zero attached hydrogens (tertiary/aromatic N) is 2. The quantitative estimate of drug-likeness (QED) is 0.365. The van der Waals surface area contributed by atoms with Gasteiger partial charge in [-0.2, -0.15) is 4.31 Å². The highest BCUT2D eigenvalue weighted by atomic mass is 32.2. The summed E-state index contributed by atoms with van der Waals surface area (Å²) in [6.45, 7) is 0. The van der Waals surface area contributed by atoms with Crippen molar-refractivity contribution in [3.63, 3.8) is 0 Å². The maximum Gasteiger partial charge on any atom is 0.246 e. The number of hydrogen-bond donors (Lipinski definition) is 2. The smallest absolute Gasteiger partial charge is 0.246 e. The van der Waals surface area contributed by atoms with E-state index in [9.17, 15) is 18.0 Å². The molecule has 0 radical (unpaired) electrons. The van der Waals surface area contributed by atoms with Gasteiger partial charge in [-0.05, 0) is 81.3 Å². The highest BCUT2D eigenvalue weighted by Crippen LogP contribution is 2.62. The fourth-order valence-electron chi connectivity index (χ4n) is 7.51. The molecule has 5 aliphatic carbocycles. The summed E-state index contributed by atoms with van der Waals surface area (Å²) in [6, 6.07) is 6.38. The number of rotatable bonds is 7. The van der Waals surface area contributed by atoms with E-state index in [-0.39, 0.29) is 34.4 Å². The van der Waals surface area contributed by atoms with Gasteiger partial charge >= 0.3 is 0 Å². The van der Waals surface area contributed by atoms with Gasteiger partial charge in [0.2, 0.25) is 22.3 Å². The molecule has 32 heavy (non-hydrogen) atoms. The Morgan fingerprint density at radius 2 is 1.75 bits per heavy atom. The van der Waals surface area contributed by atoms with E-state index in [0.717, 1.165) is 32.1 Å².